The van der Waals surface area contributed by atoms with Crippen LogP contribution >= 0.6 is 23.4 Å². The van der Waals surface area contributed by atoms with E-state index >= 15 is 0 Å². The average molecular weight is 241 g/mol. The smallest absolute Gasteiger partial charge is 0.320 e. The zero-order valence-corrected chi connectivity index (χ0v) is 9.68. The topological polar surface area (TPSA) is 38.9 Å². The number of hydrogen-bond donors (Lipinski definition) is 0. The van der Waals surface area contributed by atoms with E-state index in [0.717, 1.165) is 0 Å². The van der Waals surface area contributed by atoms with Gasteiger partial charge in [-0.05, 0) is 30.2 Å². The molecule has 0 spiro atoms. The van der Waals surface area contributed by atoms with Gasteiger partial charge in [0.2, 0.25) is 0 Å². The molecule has 0 atom stereocenters. The van der Waals surface area contributed by atoms with Gasteiger partial charge in [0, 0.05) is 4.90 Å². The van der Waals surface area contributed by atoms with Gasteiger partial charge in [-0.25, -0.2) is 0 Å². The second-order valence-corrected chi connectivity index (χ2v) is 4.36. The summed E-state index contributed by atoms with van der Waals surface area (Å²) in [6.07, 6.45) is 0. The van der Waals surface area contributed by atoms with E-state index in [-0.39, 0.29) is 5.35 Å². The van der Waals surface area contributed by atoms with Crippen LogP contribution in [0.2, 0.25) is 5.35 Å². The minimum absolute atomic E-state index is 0.0929. The van der Waals surface area contributed by atoms with Gasteiger partial charge in [0.1, 0.15) is 0 Å². The van der Waals surface area contributed by atoms with E-state index in [2.05, 4.69) is 33.7 Å². The molecule has 1 heterocycles. The summed E-state index contributed by atoms with van der Waals surface area (Å²) in [6.45, 7) is 2.07. The zero-order chi connectivity index (χ0) is 10.7. The van der Waals surface area contributed by atoms with E-state index < -0.39 is 0 Å². The van der Waals surface area contributed by atoms with Crippen LogP contribution in [0.1, 0.15) is 11.4 Å². The summed E-state index contributed by atoms with van der Waals surface area (Å²) in [7, 11) is 0. The molecule has 0 fully saturated rings. The van der Waals surface area contributed by atoms with E-state index in [1.54, 1.807) is 11.8 Å². The van der Waals surface area contributed by atoms with E-state index in [4.69, 9.17) is 11.6 Å². The normalized spacial score (nSPS) is 10.5. The lowest BCUT2D eigenvalue weighted by Crippen LogP contribution is -1.84. The highest BCUT2D eigenvalue weighted by Gasteiger charge is 2.05. The third kappa shape index (κ3) is 2.73. The lowest BCUT2D eigenvalue weighted by atomic mass is 10.2. The summed E-state index contributed by atoms with van der Waals surface area (Å²) in [5.41, 5.74) is 1.25. The van der Waals surface area contributed by atoms with Crippen LogP contribution in [0.5, 0.6) is 0 Å². The standard InChI is InChI=1S/C10H9ClN2OS/c1-7-4-2-3-5-8(7)15-6-9-12-10(11)14-13-9/h2-5H,6H2,1H3. The lowest BCUT2D eigenvalue weighted by molar-refractivity contribution is 0.414. The van der Waals surface area contributed by atoms with Gasteiger partial charge < -0.3 is 4.52 Å². The number of aromatic nitrogens is 2. The summed E-state index contributed by atoms with van der Waals surface area (Å²) in [4.78, 5) is 5.14. The number of benzene rings is 1. The molecule has 0 N–H and O–H groups in total. The second kappa shape index (κ2) is 4.68. The Hall–Kier alpha value is -1.000. The molecule has 1 aromatic carbocycles. The van der Waals surface area contributed by atoms with Gasteiger partial charge in [-0.15, -0.1) is 11.8 Å². The molecule has 1 aromatic heterocycles. The van der Waals surface area contributed by atoms with Gasteiger partial charge in [0.15, 0.2) is 5.82 Å². The molecule has 0 saturated heterocycles. The molecule has 15 heavy (non-hydrogen) atoms. The Kier molecular flexibility index (Phi) is 3.28. The SMILES string of the molecule is Cc1ccccc1SCc1noc(Cl)n1. The Labute approximate surface area is 96.8 Å². The molecule has 2 rings (SSSR count). The molecular weight excluding hydrogens is 232 g/mol. The van der Waals surface area contributed by atoms with E-state index in [1.807, 2.05) is 12.1 Å². The summed E-state index contributed by atoms with van der Waals surface area (Å²) in [5, 5.41) is 3.81. The molecule has 0 bridgehead atoms. The van der Waals surface area contributed by atoms with Crippen molar-refractivity contribution < 1.29 is 4.52 Å². The summed E-state index contributed by atoms with van der Waals surface area (Å²) in [6, 6.07) is 8.18. The Bertz CT molecular complexity index is 458. The molecule has 0 saturated carbocycles. The fraction of sp³-hybridized carbons (Fsp3) is 0.200. The minimum atomic E-state index is 0.0929. The molecule has 0 radical (unpaired) electrons. The lowest BCUT2D eigenvalue weighted by Gasteiger charge is -2.01. The first-order valence-electron chi connectivity index (χ1n) is 4.42. The molecule has 3 nitrogen and oxygen atoms in total. The number of rotatable bonds is 3. The average Bonchev–Trinajstić information content (AvgIpc) is 2.63. The van der Waals surface area contributed by atoms with Gasteiger partial charge >= 0.3 is 5.35 Å². The maximum absolute atomic E-state index is 5.52. The monoisotopic (exact) mass is 240 g/mol. The Balaban J connectivity index is 2.02. The van der Waals surface area contributed by atoms with Crippen molar-refractivity contribution in [1.82, 2.24) is 10.1 Å². The van der Waals surface area contributed by atoms with Crippen LogP contribution in [0.15, 0.2) is 33.7 Å². The Morgan fingerprint density at radius 1 is 1.40 bits per heavy atom. The highest BCUT2D eigenvalue weighted by Crippen LogP contribution is 2.24. The molecule has 0 aliphatic carbocycles. The van der Waals surface area contributed by atoms with E-state index in [1.165, 1.54) is 10.5 Å². The van der Waals surface area contributed by atoms with Gasteiger partial charge in [-0.3, -0.25) is 0 Å². The van der Waals surface area contributed by atoms with Crippen LogP contribution in [0.3, 0.4) is 0 Å². The summed E-state index contributed by atoms with van der Waals surface area (Å²) < 4.78 is 4.67. The highest BCUT2D eigenvalue weighted by atomic mass is 35.5. The first kappa shape index (κ1) is 10.5. The van der Waals surface area contributed by atoms with Crippen molar-refractivity contribution >= 4 is 23.4 Å². The van der Waals surface area contributed by atoms with Crippen molar-refractivity contribution in [3.63, 3.8) is 0 Å². The van der Waals surface area contributed by atoms with Crippen molar-refractivity contribution in [2.24, 2.45) is 0 Å². The minimum Gasteiger partial charge on any atom is -0.321 e. The van der Waals surface area contributed by atoms with Gasteiger partial charge in [0.25, 0.3) is 0 Å². The van der Waals surface area contributed by atoms with Crippen LogP contribution < -0.4 is 0 Å². The number of hydrogen-bond acceptors (Lipinski definition) is 4. The van der Waals surface area contributed by atoms with Gasteiger partial charge in [-0.1, -0.05) is 23.4 Å². The van der Waals surface area contributed by atoms with Crippen LogP contribution in [0.25, 0.3) is 0 Å². The third-order valence-electron chi connectivity index (χ3n) is 1.89. The second-order valence-electron chi connectivity index (χ2n) is 3.02. The fourth-order valence-corrected chi connectivity index (χ4v) is 2.16. The first-order chi connectivity index (χ1) is 7.25. The van der Waals surface area contributed by atoms with Crippen molar-refractivity contribution in [3.05, 3.63) is 41.0 Å². The fourth-order valence-electron chi connectivity index (χ4n) is 1.15. The molecule has 78 valence electrons. The molecule has 5 heteroatoms. The van der Waals surface area contributed by atoms with Crippen LogP contribution in [-0.2, 0) is 5.75 Å². The van der Waals surface area contributed by atoms with Gasteiger partial charge in [-0.2, -0.15) is 4.98 Å². The molecule has 2 aromatic rings. The van der Waals surface area contributed by atoms with Crippen LogP contribution in [0, 0.1) is 6.92 Å². The number of thioether (sulfide) groups is 1. The van der Waals surface area contributed by atoms with Crippen molar-refractivity contribution in [2.75, 3.05) is 0 Å². The maximum atomic E-state index is 5.52. The van der Waals surface area contributed by atoms with Crippen molar-refractivity contribution in [2.45, 2.75) is 17.6 Å². The largest absolute Gasteiger partial charge is 0.321 e. The van der Waals surface area contributed by atoms with Gasteiger partial charge in [0.05, 0.1) is 5.75 Å². The molecule has 0 aliphatic rings. The number of nitrogens with zero attached hydrogens (tertiary/aromatic N) is 2. The van der Waals surface area contributed by atoms with Crippen molar-refractivity contribution in [3.8, 4) is 0 Å². The van der Waals surface area contributed by atoms with E-state index in [0.29, 0.717) is 11.6 Å². The predicted molar refractivity (Wildman–Crippen MR) is 60.0 cm³/mol. The van der Waals surface area contributed by atoms with Crippen LogP contribution in [0.4, 0.5) is 0 Å². The molecule has 0 amide bonds. The highest BCUT2D eigenvalue weighted by molar-refractivity contribution is 7.98. The molecular formula is C10H9ClN2OS. The van der Waals surface area contributed by atoms with Crippen molar-refractivity contribution in [1.29, 1.82) is 0 Å². The molecule has 0 aliphatic heterocycles. The zero-order valence-electron chi connectivity index (χ0n) is 8.11. The predicted octanol–water partition coefficient (Wildman–Crippen LogP) is 3.32. The number of aryl methyl sites for hydroxylation is 1. The Morgan fingerprint density at radius 2 is 2.20 bits per heavy atom. The number of halogens is 1. The Morgan fingerprint density at radius 3 is 2.87 bits per heavy atom. The van der Waals surface area contributed by atoms with Crippen LogP contribution in [-0.4, -0.2) is 10.1 Å². The van der Waals surface area contributed by atoms with E-state index in [9.17, 15) is 0 Å². The quantitative estimate of drug-likeness (QED) is 0.772. The molecule has 0 unspecified atom stereocenters. The summed E-state index contributed by atoms with van der Waals surface area (Å²) in [5.74, 6) is 1.29. The third-order valence-corrected chi connectivity index (χ3v) is 3.22. The summed E-state index contributed by atoms with van der Waals surface area (Å²) >= 11 is 7.19. The first-order valence-corrected chi connectivity index (χ1v) is 5.78. The maximum Gasteiger partial charge on any atom is 0.320 e.